The van der Waals surface area contributed by atoms with Crippen molar-refractivity contribution in [1.29, 1.82) is 0 Å². The SMILES string of the molecule is CN(C)CCCN1CCC(O)c2ccccc21. The highest BCUT2D eigenvalue weighted by Crippen LogP contribution is 2.33. The van der Waals surface area contributed by atoms with Gasteiger partial charge in [0.15, 0.2) is 0 Å². The Morgan fingerprint density at radius 2 is 2.12 bits per heavy atom. The number of aliphatic hydroxyl groups excluding tert-OH is 1. The fourth-order valence-corrected chi connectivity index (χ4v) is 2.42. The number of nitrogens with zero attached hydrogens (tertiary/aromatic N) is 2. The molecule has 0 bridgehead atoms. The Morgan fingerprint density at radius 3 is 2.88 bits per heavy atom. The minimum Gasteiger partial charge on any atom is -0.388 e. The predicted molar refractivity (Wildman–Crippen MR) is 71.4 cm³/mol. The molecule has 1 heterocycles. The van der Waals surface area contributed by atoms with E-state index in [4.69, 9.17) is 0 Å². The van der Waals surface area contributed by atoms with Gasteiger partial charge in [-0.3, -0.25) is 0 Å². The van der Waals surface area contributed by atoms with Crippen molar-refractivity contribution < 1.29 is 5.11 Å². The van der Waals surface area contributed by atoms with Gasteiger partial charge in [0.25, 0.3) is 0 Å². The van der Waals surface area contributed by atoms with E-state index in [9.17, 15) is 5.11 Å². The summed E-state index contributed by atoms with van der Waals surface area (Å²) in [5.74, 6) is 0. The number of para-hydroxylation sites is 1. The molecule has 1 aromatic carbocycles. The number of hydrogen-bond acceptors (Lipinski definition) is 3. The van der Waals surface area contributed by atoms with E-state index in [2.05, 4.69) is 36.0 Å². The number of rotatable bonds is 4. The van der Waals surface area contributed by atoms with E-state index in [1.165, 1.54) is 5.69 Å². The van der Waals surface area contributed by atoms with Gasteiger partial charge in [0.1, 0.15) is 0 Å². The first-order valence-electron chi connectivity index (χ1n) is 6.35. The van der Waals surface area contributed by atoms with Gasteiger partial charge in [-0.25, -0.2) is 0 Å². The molecule has 0 aliphatic carbocycles. The molecule has 17 heavy (non-hydrogen) atoms. The molecule has 1 atom stereocenters. The van der Waals surface area contributed by atoms with Crippen LogP contribution in [0.15, 0.2) is 24.3 Å². The topological polar surface area (TPSA) is 26.7 Å². The molecule has 0 fully saturated rings. The van der Waals surface area contributed by atoms with E-state index in [-0.39, 0.29) is 6.10 Å². The Bertz CT molecular complexity index is 365. The lowest BCUT2D eigenvalue weighted by molar-refractivity contribution is 0.164. The molecule has 2 rings (SSSR count). The minimum absolute atomic E-state index is 0.281. The number of anilines is 1. The zero-order valence-corrected chi connectivity index (χ0v) is 10.8. The number of benzene rings is 1. The smallest absolute Gasteiger partial charge is 0.0826 e. The quantitative estimate of drug-likeness (QED) is 0.861. The van der Waals surface area contributed by atoms with E-state index in [1.807, 2.05) is 12.1 Å². The third-order valence-electron chi connectivity index (χ3n) is 3.34. The molecule has 3 nitrogen and oxygen atoms in total. The summed E-state index contributed by atoms with van der Waals surface area (Å²) in [6.45, 7) is 3.15. The van der Waals surface area contributed by atoms with Crippen molar-refractivity contribution in [3.05, 3.63) is 29.8 Å². The molecule has 0 aromatic heterocycles. The van der Waals surface area contributed by atoms with Crippen molar-refractivity contribution in [3.8, 4) is 0 Å². The van der Waals surface area contributed by atoms with Crippen LogP contribution in [0.5, 0.6) is 0 Å². The lowest BCUT2D eigenvalue weighted by Gasteiger charge is -2.34. The Morgan fingerprint density at radius 1 is 1.35 bits per heavy atom. The van der Waals surface area contributed by atoms with Crippen molar-refractivity contribution in [3.63, 3.8) is 0 Å². The van der Waals surface area contributed by atoms with Crippen LogP contribution in [-0.4, -0.2) is 43.7 Å². The van der Waals surface area contributed by atoms with Crippen LogP contribution in [0.1, 0.15) is 24.5 Å². The molecule has 1 unspecified atom stereocenters. The van der Waals surface area contributed by atoms with E-state index < -0.39 is 0 Å². The molecule has 1 aliphatic heterocycles. The highest BCUT2D eigenvalue weighted by atomic mass is 16.3. The molecule has 1 aliphatic rings. The summed E-state index contributed by atoms with van der Waals surface area (Å²) < 4.78 is 0. The van der Waals surface area contributed by atoms with Crippen LogP contribution in [0.4, 0.5) is 5.69 Å². The highest BCUT2D eigenvalue weighted by Gasteiger charge is 2.22. The highest BCUT2D eigenvalue weighted by molar-refractivity contribution is 5.56. The van der Waals surface area contributed by atoms with Gasteiger partial charge in [0.05, 0.1) is 6.10 Å². The average Bonchev–Trinajstić information content (AvgIpc) is 2.32. The third-order valence-corrected chi connectivity index (χ3v) is 3.34. The number of aliphatic hydroxyl groups is 1. The molecule has 1 aromatic rings. The zero-order chi connectivity index (χ0) is 12.3. The summed E-state index contributed by atoms with van der Waals surface area (Å²) in [7, 11) is 4.21. The van der Waals surface area contributed by atoms with Gasteiger partial charge >= 0.3 is 0 Å². The normalized spacial score (nSPS) is 19.5. The first-order chi connectivity index (χ1) is 8.18. The Labute approximate surface area is 104 Å². The molecule has 0 radical (unpaired) electrons. The predicted octanol–water partition coefficient (Wildman–Crippen LogP) is 1.88. The average molecular weight is 234 g/mol. The lowest BCUT2D eigenvalue weighted by Crippen LogP contribution is -2.33. The second-order valence-electron chi connectivity index (χ2n) is 5.01. The largest absolute Gasteiger partial charge is 0.388 e. The van der Waals surface area contributed by atoms with Gasteiger partial charge in [0, 0.05) is 24.3 Å². The van der Waals surface area contributed by atoms with Gasteiger partial charge in [-0.2, -0.15) is 0 Å². The maximum absolute atomic E-state index is 9.96. The molecule has 94 valence electrons. The van der Waals surface area contributed by atoms with E-state index in [1.54, 1.807) is 0 Å². The molecule has 0 amide bonds. The maximum atomic E-state index is 9.96. The van der Waals surface area contributed by atoms with Crippen LogP contribution in [0.3, 0.4) is 0 Å². The summed E-state index contributed by atoms with van der Waals surface area (Å²) in [6, 6.07) is 8.21. The Balaban J connectivity index is 2.03. The summed E-state index contributed by atoms with van der Waals surface area (Å²) in [5, 5.41) is 9.96. The summed E-state index contributed by atoms with van der Waals surface area (Å²) in [5.41, 5.74) is 2.30. The van der Waals surface area contributed by atoms with E-state index in [0.717, 1.165) is 38.0 Å². The monoisotopic (exact) mass is 234 g/mol. The number of hydrogen-bond donors (Lipinski definition) is 1. The van der Waals surface area contributed by atoms with Crippen molar-refractivity contribution in [2.75, 3.05) is 38.6 Å². The van der Waals surface area contributed by atoms with Gasteiger partial charge in [-0.05, 0) is 39.5 Å². The first kappa shape index (κ1) is 12.4. The Hall–Kier alpha value is -1.06. The van der Waals surface area contributed by atoms with Crippen LogP contribution < -0.4 is 4.90 Å². The molecule has 1 N–H and O–H groups in total. The summed E-state index contributed by atoms with van der Waals surface area (Å²) >= 11 is 0. The molecule has 0 spiro atoms. The van der Waals surface area contributed by atoms with Crippen molar-refractivity contribution in [2.45, 2.75) is 18.9 Å². The molecular weight excluding hydrogens is 212 g/mol. The van der Waals surface area contributed by atoms with Crippen molar-refractivity contribution >= 4 is 5.69 Å². The van der Waals surface area contributed by atoms with Crippen LogP contribution in [0.2, 0.25) is 0 Å². The van der Waals surface area contributed by atoms with Crippen molar-refractivity contribution in [1.82, 2.24) is 4.90 Å². The van der Waals surface area contributed by atoms with Gasteiger partial charge < -0.3 is 14.9 Å². The minimum atomic E-state index is -0.281. The molecule has 3 heteroatoms. The lowest BCUT2D eigenvalue weighted by atomic mass is 9.99. The van der Waals surface area contributed by atoms with E-state index >= 15 is 0 Å². The standard InChI is InChI=1S/C14H22N2O/c1-15(2)9-5-10-16-11-8-14(17)12-6-3-4-7-13(12)16/h3-4,6-7,14,17H,5,8-11H2,1-2H3. The fraction of sp³-hybridized carbons (Fsp3) is 0.571. The third kappa shape index (κ3) is 2.99. The fourth-order valence-electron chi connectivity index (χ4n) is 2.42. The second-order valence-corrected chi connectivity index (χ2v) is 5.01. The van der Waals surface area contributed by atoms with Gasteiger partial charge in [-0.1, -0.05) is 18.2 Å². The number of fused-ring (bicyclic) bond motifs is 1. The molecule has 0 saturated carbocycles. The van der Waals surface area contributed by atoms with Gasteiger partial charge in [0.2, 0.25) is 0 Å². The van der Waals surface area contributed by atoms with E-state index in [0.29, 0.717) is 0 Å². The summed E-state index contributed by atoms with van der Waals surface area (Å²) in [4.78, 5) is 4.61. The van der Waals surface area contributed by atoms with Crippen LogP contribution in [0.25, 0.3) is 0 Å². The summed E-state index contributed by atoms with van der Waals surface area (Å²) in [6.07, 6.45) is 1.73. The maximum Gasteiger partial charge on any atom is 0.0826 e. The second kappa shape index (κ2) is 5.52. The van der Waals surface area contributed by atoms with Crippen LogP contribution in [0, 0.1) is 0 Å². The zero-order valence-electron chi connectivity index (χ0n) is 10.8. The molecule has 0 saturated heterocycles. The first-order valence-corrected chi connectivity index (χ1v) is 6.35. The van der Waals surface area contributed by atoms with Crippen molar-refractivity contribution in [2.24, 2.45) is 0 Å². The molecular formula is C14H22N2O. The Kier molecular flexibility index (Phi) is 4.02. The van der Waals surface area contributed by atoms with Crippen LogP contribution >= 0.6 is 0 Å². The van der Waals surface area contributed by atoms with Gasteiger partial charge in [-0.15, -0.1) is 0 Å². The van der Waals surface area contributed by atoms with Crippen LogP contribution in [-0.2, 0) is 0 Å².